The fraction of sp³-hybridized carbons (Fsp3) is 0.407. The molecule has 5 rings (SSSR count). The normalized spacial score (nSPS) is 28.4. The van der Waals surface area contributed by atoms with Gasteiger partial charge in [0.05, 0.1) is 18.4 Å². The summed E-state index contributed by atoms with van der Waals surface area (Å²) in [6.07, 6.45) is 4.06. The molecule has 3 aliphatic carbocycles. The van der Waals surface area contributed by atoms with E-state index in [1.54, 1.807) is 26.0 Å². The summed E-state index contributed by atoms with van der Waals surface area (Å²) in [6.45, 7) is 5.90. The van der Waals surface area contributed by atoms with Gasteiger partial charge >= 0.3 is 0 Å². The molecular formula is C27H27NO6. The molecule has 7 heteroatoms. The Balaban J connectivity index is 1.69. The lowest BCUT2D eigenvalue weighted by molar-refractivity contribution is -0.139. The van der Waals surface area contributed by atoms with Crippen molar-refractivity contribution in [3.05, 3.63) is 58.2 Å². The van der Waals surface area contributed by atoms with Crippen LogP contribution in [-0.2, 0) is 19.2 Å². The van der Waals surface area contributed by atoms with Gasteiger partial charge in [0, 0.05) is 29.2 Å². The minimum Gasteiger partial charge on any atom is -0.504 e. The molecule has 1 aliphatic heterocycles. The second-order valence-corrected chi connectivity index (χ2v) is 9.31. The van der Waals surface area contributed by atoms with Gasteiger partial charge < -0.3 is 9.84 Å². The number of phenolic OH excluding ortho intramolecular Hbond substituents is 1. The molecule has 0 bridgehead atoms. The molecule has 0 saturated carbocycles. The van der Waals surface area contributed by atoms with E-state index in [1.807, 2.05) is 13.0 Å². The Kier molecular flexibility index (Phi) is 5.30. The van der Waals surface area contributed by atoms with Gasteiger partial charge in [-0.3, -0.25) is 24.1 Å². The number of fused-ring (bicyclic) bond motifs is 3. The average Bonchev–Trinajstić information content (AvgIpc) is 3.07. The van der Waals surface area contributed by atoms with Crippen LogP contribution in [0, 0.1) is 17.8 Å². The second-order valence-electron chi connectivity index (χ2n) is 9.31. The fourth-order valence-electron chi connectivity index (χ4n) is 6.12. The quantitative estimate of drug-likeness (QED) is 0.420. The number of nitrogens with zero attached hydrogens (tertiary/aromatic N) is 1. The van der Waals surface area contributed by atoms with Gasteiger partial charge in [0.25, 0.3) is 0 Å². The molecule has 2 amide bonds. The van der Waals surface area contributed by atoms with Gasteiger partial charge in [0.15, 0.2) is 23.1 Å². The van der Waals surface area contributed by atoms with E-state index in [1.165, 1.54) is 17.0 Å². The number of benzene rings is 1. The third kappa shape index (κ3) is 3.10. The van der Waals surface area contributed by atoms with E-state index in [9.17, 15) is 24.3 Å². The van der Waals surface area contributed by atoms with Crippen LogP contribution in [0.15, 0.2) is 52.6 Å². The first-order valence-electron chi connectivity index (χ1n) is 11.8. The molecule has 1 aromatic carbocycles. The first-order chi connectivity index (χ1) is 16.3. The van der Waals surface area contributed by atoms with E-state index in [4.69, 9.17) is 4.74 Å². The van der Waals surface area contributed by atoms with Crippen molar-refractivity contribution in [3.63, 3.8) is 0 Å². The molecule has 7 nitrogen and oxygen atoms in total. The number of imide groups is 1. The third-order valence-electron chi connectivity index (χ3n) is 7.59. The molecule has 1 fully saturated rings. The van der Waals surface area contributed by atoms with Gasteiger partial charge in [-0.2, -0.15) is 0 Å². The minimum atomic E-state index is -0.547. The number of hydrogen-bond donors (Lipinski definition) is 1. The molecule has 34 heavy (non-hydrogen) atoms. The Bertz CT molecular complexity index is 1240. The SMILES string of the molecule is CCOc1cc(C2C3=CCC4C(=O)N(CC)C(=O)C4C3CC3=C2C(=O)C=C(C)C3=O)ccc1O. The summed E-state index contributed by atoms with van der Waals surface area (Å²) in [4.78, 5) is 54.0. The molecule has 4 unspecified atom stereocenters. The number of carbonyl (C=O) groups excluding carboxylic acids is 4. The Morgan fingerprint density at radius 3 is 2.56 bits per heavy atom. The number of amides is 2. The lowest BCUT2D eigenvalue weighted by Gasteiger charge is -2.42. The van der Waals surface area contributed by atoms with Gasteiger partial charge in [0.1, 0.15) is 0 Å². The van der Waals surface area contributed by atoms with Crippen molar-refractivity contribution < 1.29 is 29.0 Å². The molecule has 1 N–H and O–H groups in total. The third-order valence-corrected chi connectivity index (χ3v) is 7.59. The highest BCUT2D eigenvalue weighted by atomic mass is 16.5. The smallest absolute Gasteiger partial charge is 0.233 e. The number of phenols is 1. The van der Waals surface area contributed by atoms with Crippen LogP contribution in [0.3, 0.4) is 0 Å². The van der Waals surface area contributed by atoms with Crippen LogP contribution >= 0.6 is 0 Å². The second kappa shape index (κ2) is 8.08. The maximum Gasteiger partial charge on any atom is 0.233 e. The van der Waals surface area contributed by atoms with Gasteiger partial charge in [-0.25, -0.2) is 0 Å². The van der Waals surface area contributed by atoms with Crippen molar-refractivity contribution in [2.75, 3.05) is 13.2 Å². The Labute approximate surface area is 197 Å². The maximum absolute atomic E-state index is 13.3. The molecule has 176 valence electrons. The van der Waals surface area contributed by atoms with Crippen molar-refractivity contribution in [2.45, 2.75) is 39.5 Å². The molecule has 1 saturated heterocycles. The molecule has 1 aromatic rings. The van der Waals surface area contributed by atoms with E-state index in [2.05, 4.69) is 0 Å². The van der Waals surface area contributed by atoms with Crippen molar-refractivity contribution in [1.82, 2.24) is 4.90 Å². The number of hydrogen-bond acceptors (Lipinski definition) is 6. The number of carbonyl (C=O) groups is 4. The van der Waals surface area contributed by atoms with Crippen LogP contribution in [0.2, 0.25) is 0 Å². The van der Waals surface area contributed by atoms with Crippen molar-refractivity contribution in [3.8, 4) is 11.5 Å². The molecule has 1 heterocycles. The summed E-state index contributed by atoms with van der Waals surface area (Å²) in [5.74, 6) is -2.34. The Morgan fingerprint density at radius 2 is 1.85 bits per heavy atom. The minimum absolute atomic E-state index is 0.0122. The van der Waals surface area contributed by atoms with Crippen LogP contribution < -0.4 is 4.74 Å². The summed E-state index contributed by atoms with van der Waals surface area (Å²) in [6, 6.07) is 4.95. The standard InChI is InChI=1S/C27H27NO6/c1-4-28-26(32)16-8-7-15-17(23(16)27(28)33)12-18-24(20(30)10-13(3)25(18)31)22(15)14-6-9-19(29)21(11-14)34-5-2/h6-7,9-11,16-17,22-23,29H,4-5,8,12H2,1-3H3. The van der Waals surface area contributed by atoms with Crippen LogP contribution in [0.4, 0.5) is 0 Å². The summed E-state index contributed by atoms with van der Waals surface area (Å²) in [7, 11) is 0. The zero-order valence-electron chi connectivity index (χ0n) is 19.5. The van der Waals surface area contributed by atoms with Crippen LogP contribution in [-0.4, -0.2) is 46.5 Å². The lowest BCUT2D eigenvalue weighted by atomic mass is 9.59. The summed E-state index contributed by atoms with van der Waals surface area (Å²) in [5, 5.41) is 10.2. The first-order valence-corrected chi connectivity index (χ1v) is 11.8. The van der Waals surface area contributed by atoms with Gasteiger partial charge in [-0.1, -0.05) is 17.7 Å². The zero-order valence-corrected chi connectivity index (χ0v) is 19.5. The van der Waals surface area contributed by atoms with Crippen molar-refractivity contribution >= 4 is 23.4 Å². The highest BCUT2D eigenvalue weighted by Gasteiger charge is 2.55. The summed E-state index contributed by atoms with van der Waals surface area (Å²) >= 11 is 0. The predicted octanol–water partition coefficient (Wildman–Crippen LogP) is 3.24. The topological polar surface area (TPSA) is 101 Å². The number of ketones is 2. The number of ether oxygens (including phenoxy) is 1. The Hall–Kier alpha value is -3.48. The molecular weight excluding hydrogens is 434 g/mol. The van der Waals surface area contributed by atoms with E-state index in [0.717, 1.165) is 5.57 Å². The number of likely N-dealkylation sites (tertiary alicyclic amines) is 1. The first kappa shape index (κ1) is 22.3. The van der Waals surface area contributed by atoms with Crippen molar-refractivity contribution in [1.29, 1.82) is 0 Å². The molecule has 0 spiro atoms. The zero-order chi connectivity index (χ0) is 24.3. The maximum atomic E-state index is 13.3. The van der Waals surface area contributed by atoms with Crippen LogP contribution in [0.5, 0.6) is 11.5 Å². The summed E-state index contributed by atoms with van der Waals surface area (Å²) < 4.78 is 5.58. The number of aromatic hydroxyl groups is 1. The number of allylic oxidation sites excluding steroid dienone is 6. The lowest BCUT2D eigenvalue weighted by Crippen LogP contribution is -2.39. The average molecular weight is 462 g/mol. The highest BCUT2D eigenvalue weighted by Crippen LogP contribution is 2.55. The molecule has 0 aromatic heterocycles. The molecule has 4 aliphatic rings. The Morgan fingerprint density at radius 1 is 1.09 bits per heavy atom. The van der Waals surface area contributed by atoms with Crippen LogP contribution in [0.25, 0.3) is 0 Å². The number of rotatable bonds is 4. The monoisotopic (exact) mass is 461 g/mol. The molecule has 4 atom stereocenters. The van der Waals surface area contributed by atoms with Gasteiger partial charge in [-0.15, -0.1) is 0 Å². The van der Waals surface area contributed by atoms with E-state index in [0.29, 0.717) is 47.6 Å². The highest BCUT2D eigenvalue weighted by molar-refractivity contribution is 6.23. The van der Waals surface area contributed by atoms with E-state index >= 15 is 0 Å². The van der Waals surface area contributed by atoms with Gasteiger partial charge in [0.2, 0.25) is 11.8 Å². The van der Waals surface area contributed by atoms with Crippen LogP contribution in [0.1, 0.15) is 45.1 Å². The van der Waals surface area contributed by atoms with E-state index < -0.39 is 17.8 Å². The number of Topliss-reactive ketones (excluding diaryl/α,β-unsaturated/α-hetero) is 1. The largest absolute Gasteiger partial charge is 0.504 e. The van der Waals surface area contributed by atoms with E-state index in [-0.39, 0.29) is 41.5 Å². The predicted molar refractivity (Wildman–Crippen MR) is 123 cm³/mol. The van der Waals surface area contributed by atoms with Crippen molar-refractivity contribution in [2.24, 2.45) is 17.8 Å². The molecule has 0 radical (unpaired) electrons. The van der Waals surface area contributed by atoms with Gasteiger partial charge in [-0.05, 0) is 63.3 Å². The fourth-order valence-corrected chi connectivity index (χ4v) is 6.12. The summed E-state index contributed by atoms with van der Waals surface area (Å²) in [5.41, 5.74) is 2.84.